The van der Waals surface area contributed by atoms with Gasteiger partial charge in [-0.05, 0) is 32.3 Å². The van der Waals surface area contributed by atoms with E-state index in [-0.39, 0.29) is 12.1 Å². The highest BCUT2D eigenvalue weighted by atomic mass is 19.4. The van der Waals surface area contributed by atoms with Gasteiger partial charge in [-0.15, -0.1) is 0 Å². The molecule has 0 aliphatic heterocycles. The molecule has 3 aromatic heterocycles. The van der Waals surface area contributed by atoms with Gasteiger partial charge < -0.3 is 14.9 Å². The van der Waals surface area contributed by atoms with Gasteiger partial charge in [-0.1, -0.05) is 0 Å². The lowest BCUT2D eigenvalue weighted by Crippen LogP contribution is -2.35. The van der Waals surface area contributed by atoms with E-state index in [0.717, 1.165) is 34.3 Å². The maximum Gasteiger partial charge on any atom is 0.397 e. The monoisotopic (exact) mass is 365 g/mol. The molecule has 1 aliphatic rings. The minimum atomic E-state index is -4.48. The van der Waals surface area contributed by atoms with Crippen molar-refractivity contribution in [3.63, 3.8) is 0 Å². The number of aromatic nitrogens is 4. The minimum Gasteiger partial charge on any atom is -0.353 e. The molecule has 9 heteroatoms. The Morgan fingerprint density at radius 1 is 1.42 bits per heavy atom. The van der Waals surface area contributed by atoms with Crippen molar-refractivity contribution in [1.29, 1.82) is 0 Å². The summed E-state index contributed by atoms with van der Waals surface area (Å²) in [7, 11) is 0. The molecule has 4 rings (SSSR count). The Kier molecular flexibility index (Phi) is 3.89. The molecule has 3 heterocycles. The van der Waals surface area contributed by atoms with Crippen molar-refractivity contribution in [2.24, 2.45) is 0 Å². The van der Waals surface area contributed by atoms with Crippen molar-refractivity contribution < 1.29 is 18.0 Å². The van der Waals surface area contributed by atoms with Crippen LogP contribution in [-0.4, -0.2) is 37.6 Å². The van der Waals surface area contributed by atoms with Crippen molar-refractivity contribution >= 4 is 28.0 Å². The second kappa shape index (κ2) is 6.00. The van der Waals surface area contributed by atoms with Crippen molar-refractivity contribution in [2.75, 3.05) is 0 Å². The number of hydrogen-bond donors (Lipinski definition) is 2. The first-order chi connectivity index (χ1) is 12.3. The number of aryl methyl sites for hydroxylation is 1. The van der Waals surface area contributed by atoms with Crippen LogP contribution in [0.15, 0.2) is 18.5 Å². The van der Waals surface area contributed by atoms with E-state index in [1.807, 2.05) is 19.2 Å². The van der Waals surface area contributed by atoms with Gasteiger partial charge in [0, 0.05) is 23.7 Å². The van der Waals surface area contributed by atoms with E-state index < -0.39 is 18.5 Å². The zero-order valence-corrected chi connectivity index (χ0v) is 14.1. The SMILES string of the molecule is Cc1nc2cnc3[nH]ccc3c2n1[C@H]1CCC(NC(=O)CC(F)(F)F)C1. The standard InChI is InChI=1S/C17H18F3N5O/c1-9-23-13-8-22-16-12(4-5-21-16)15(13)25(9)11-3-2-10(6-11)24-14(26)7-17(18,19)20/h4-5,8,10-11H,2-3,6-7H2,1H3,(H,21,22)(H,24,26)/t10?,11-/m0/s1. The zero-order chi connectivity index (χ0) is 18.5. The number of pyridine rings is 1. The predicted octanol–water partition coefficient (Wildman–Crippen LogP) is 3.38. The Bertz CT molecular complexity index is 974. The van der Waals surface area contributed by atoms with Crippen LogP contribution in [0.4, 0.5) is 13.2 Å². The van der Waals surface area contributed by atoms with E-state index in [1.165, 1.54) is 0 Å². The van der Waals surface area contributed by atoms with Crippen molar-refractivity contribution in [3.8, 4) is 0 Å². The fourth-order valence-electron chi connectivity index (χ4n) is 3.94. The highest BCUT2D eigenvalue weighted by Gasteiger charge is 2.34. The van der Waals surface area contributed by atoms with Gasteiger partial charge in [-0.25, -0.2) is 9.97 Å². The first-order valence-corrected chi connectivity index (χ1v) is 8.48. The topological polar surface area (TPSA) is 75.6 Å². The number of alkyl halides is 3. The summed E-state index contributed by atoms with van der Waals surface area (Å²) in [6, 6.07) is 1.77. The molecule has 1 aliphatic carbocycles. The molecule has 1 amide bonds. The number of fused-ring (bicyclic) bond motifs is 3. The molecule has 3 aromatic rings. The molecule has 138 valence electrons. The maximum absolute atomic E-state index is 12.3. The minimum absolute atomic E-state index is 0.0803. The number of imidazole rings is 1. The quantitative estimate of drug-likeness (QED) is 0.747. The number of nitrogens with zero attached hydrogens (tertiary/aromatic N) is 3. The summed E-state index contributed by atoms with van der Waals surface area (Å²) in [5, 5.41) is 3.48. The molecular formula is C17H18F3N5O. The Balaban J connectivity index is 1.58. The third-order valence-corrected chi connectivity index (χ3v) is 4.91. The van der Waals surface area contributed by atoms with Gasteiger partial charge in [-0.2, -0.15) is 13.2 Å². The number of H-pyrrole nitrogens is 1. The van der Waals surface area contributed by atoms with E-state index in [0.29, 0.717) is 12.8 Å². The molecule has 1 unspecified atom stereocenters. The van der Waals surface area contributed by atoms with Crippen LogP contribution in [0.2, 0.25) is 0 Å². The number of carbonyl (C=O) groups excluding carboxylic acids is 1. The van der Waals surface area contributed by atoms with Crippen LogP contribution >= 0.6 is 0 Å². The summed E-state index contributed by atoms with van der Waals surface area (Å²) in [6.45, 7) is 1.91. The van der Waals surface area contributed by atoms with Crippen LogP contribution in [0, 0.1) is 6.92 Å². The zero-order valence-electron chi connectivity index (χ0n) is 14.1. The number of hydrogen-bond acceptors (Lipinski definition) is 3. The summed E-state index contributed by atoms with van der Waals surface area (Å²) in [6.07, 6.45) is -0.368. The molecule has 26 heavy (non-hydrogen) atoms. The number of nitrogens with one attached hydrogen (secondary N) is 2. The molecular weight excluding hydrogens is 347 g/mol. The van der Waals surface area contributed by atoms with Crippen molar-refractivity contribution in [2.45, 2.75) is 50.9 Å². The molecule has 0 saturated heterocycles. The van der Waals surface area contributed by atoms with Gasteiger partial charge in [0.15, 0.2) is 0 Å². The molecule has 1 fully saturated rings. The van der Waals surface area contributed by atoms with E-state index >= 15 is 0 Å². The molecule has 6 nitrogen and oxygen atoms in total. The summed E-state index contributed by atoms with van der Waals surface area (Å²) >= 11 is 0. The normalized spacial score (nSPS) is 20.9. The largest absolute Gasteiger partial charge is 0.397 e. The fourth-order valence-corrected chi connectivity index (χ4v) is 3.94. The molecule has 0 spiro atoms. The lowest BCUT2D eigenvalue weighted by Gasteiger charge is -2.17. The maximum atomic E-state index is 12.3. The second-order valence-corrected chi connectivity index (χ2v) is 6.78. The molecule has 1 saturated carbocycles. The van der Waals surface area contributed by atoms with E-state index in [1.54, 1.807) is 6.20 Å². The van der Waals surface area contributed by atoms with E-state index in [4.69, 9.17) is 0 Å². The van der Waals surface area contributed by atoms with Gasteiger partial charge in [0.05, 0.1) is 11.7 Å². The molecule has 2 atom stereocenters. The average Bonchev–Trinajstić information content (AvgIpc) is 3.21. The van der Waals surface area contributed by atoms with Crippen LogP contribution in [-0.2, 0) is 4.79 Å². The Morgan fingerprint density at radius 2 is 2.23 bits per heavy atom. The highest BCUT2D eigenvalue weighted by Crippen LogP contribution is 2.36. The molecule has 0 aromatic carbocycles. The first-order valence-electron chi connectivity index (χ1n) is 8.48. The number of aromatic amines is 1. The lowest BCUT2D eigenvalue weighted by molar-refractivity contribution is -0.154. The lowest BCUT2D eigenvalue weighted by atomic mass is 10.2. The number of carbonyl (C=O) groups is 1. The van der Waals surface area contributed by atoms with Crippen LogP contribution in [0.5, 0.6) is 0 Å². The number of halogens is 3. The first kappa shape index (κ1) is 16.9. The molecule has 0 bridgehead atoms. The third kappa shape index (κ3) is 3.02. The number of rotatable bonds is 3. The summed E-state index contributed by atoms with van der Waals surface area (Å²) in [4.78, 5) is 23.6. The summed E-state index contributed by atoms with van der Waals surface area (Å²) in [5.74, 6) is -0.129. The van der Waals surface area contributed by atoms with Gasteiger partial charge in [0.1, 0.15) is 23.4 Å². The van der Waals surface area contributed by atoms with Gasteiger partial charge >= 0.3 is 6.18 Å². The summed E-state index contributed by atoms with van der Waals surface area (Å²) < 4.78 is 39.2. The molecule has 2 N–H and O–H groups in total. The van der Waals surface area contributed by atoms with Crippen LogP contribution in [0.3, 0.4) is 0 Å². The van der Waals surface area contributed by atoms with Crippen molar-refractivity contribution in [3.05, 3.63) is 24.3 Å². The average molecular weight is 365 g/mol. The molecule has 0 radical (unpaired) electrons. The van der Waals surface area contributed by atoms with Gasteiger partial charge in [-0.3, -0.25) is 4.79 Å². The van der Waals surface area contributed by atoms with Crippen molar-refractivity contribution in [1.82, 2.24) is 24.8 Å². The fraction of sp³-hybridized carbons (Fsp3) is 0.471. The smallest absolute Gasteiger partial charge is 0.353 e. The highest BCUT2D eigenvalue weighted by molar-refractivity contribution is 6.01. The third-order valence-electron chi connectivity index (χ3n) is 4.91. The second-order valence-electron chi connectivity index (χ2n) is 6.78. The predicted molar refractivity (Wildman–Crippen MR) is 89.6 cm³/mol. The van der Waals surface area contributed by atoms with Crippen LogP contribution in [0.25, 0.3) is 22.1 Å². The summed E-state index contributed by atoms with van der Waals surface area (Å²) in [5.41, 5.74) is 2.53. The van der Waals surface area contributed by atoms with Gasteiger partial charge in [0.2, 0.25) is 5.91 Å². The van der Waals surface area contributed by atoms with E-state index in [9.17, 15) is 18.0 Å². The Hall–Kier alpha value is -2.58. The van der Waals surface area contributed by atoms with E-state index in [2.05, 4.69) is 24.8 Å². The van der Waals surface area contributed by atoms with Crippen LogP contribution < -0.4 is 5.32 Å². The van der Waals surface area contributed by atoms with Gasteiger partial charge in [0.25, 0.3) is 0 Å². The Morgan fingerprint density at radius 3 is 3.00 bits per heavy atom. The Labute approximate surface area is 146 Å². The number of amides is 1. The van der Waals surface area contributed by atoms with Crippen LogP contribution in [0.1, 0.15) is 37.5 Å².